The van der Waals surface area contributed by atoms with Crippen molar-refractivity contribution in [2.75, 3.05) is 7.11 Å². The molecule has 0 aromatic heterocycles. The van der Waals surface area contributed by atoms with Crippen molar-refractivity contribution in [3.63, 3.8) is 0 Å². The molecule has 0 saturated heterocycles. The molecule has 0 aliphatic heterocycles. The molecule has 0 heterocycles. The molecule has 4 heteroatoms. The van der Waals surface area contributed by atoms with E-state index in [4.69, 9.17) is 9.47 Å². The molecule has 0 fully saturated rings. The van der Waals surface area contributed by atoms with Crippen LogP contribution >= 0.6 is 0 Å². The summed E-state index contributed by atoms with van der Waals surface area (Å²) in [7, 11) is 1.59. The van der Waals surface area contributed by atoms with Crippen LogP contribution in [0.15, 0.2) is 72.8 Å². The van der Waals surface area contributed by atoms with Crippen LogP contribution in [0.4, 0.5) is 4.39 Å². The van der Waals surface area contributed by atoms with Crippen molar-refractivity contribution in [2.45, 2.75) is 26.1 Å². The molecule has 3 rings (SSSR count). The first-order chi connectivity index (χ1) is 13.2. The minimum absolute atomic E-state index is 0.0513. The van der Waals surface area contributed by atoms with Gasteiger partial charge in [-0.3, -0.25) is 0 Å². The standard InChI is InChI=1S/C23H24FNO2/c1-17(22-14-20(24)11-12-23(22)26-2)25-15-19-9-6-10-21(13-19)27-16-18-7-4-3-5-8-18/h3-14,17,25H,15-16H2,1-2H3. The Kier molecular flexibility index (Phi) is 6.44. The van der Waals surface area contributed by atoms with E-state index in [1.807, 2.05) is 61.5 Å². The quantitative estimate of drug-likeness (QED) is 0.590. The average Bonchev–Trinajstić information content (AvgIpc) is 2.71. The first-order valence-electron chi connectivity index (χ1n) is 8.98. The third kappa shape index (κ3) is 5.31. The van der Waals surface area contributed by atoms with E-state index in [9.17, 15) is 4.39 Å². The predicted molar refractivity (Wildman–Crippen MR) is 105 cm³/mol. The maximum Gasteiger partial charge on any atom is 0.123 e. The lowest BCUT2D eigenvalue weighted by Gasteiger charge is -2.18. The summed E-state index contributed by atoms with van der Waals surface area (Å²) in [5, 5.41) is 3.42. The molecule has 0 aliphatic carbocycles. The number of nitrogens with one attached hydrogen (secondary N) is 1. The third-order valence-corrected chi connectivity index (χ3v) is 4.42. The highest BCUT2D eigenvalue weighted by Gasteiger charge is 2.12. The number of hydrogen-bond donors (Lipinski definition) is 1. The molecule has 0 amide bonds. The Morgan fingerprint density at radius 1 is 0.926 bits per heavy atom. The normalized spacial score (nSPS) is 11.8. The highest BCUT2D eigenvalue weighted by atomic mass is 19.1. The molecule has 1 unspecified atom stereocenters. The summed E-state index contributed by atoms with van der Waals surface area (Å²) in [6, 6.07) is 22.6. The van der Waals surface area contributed by atoms with Gasteiger partial charge in [-0.2, -0.15) is 0 Å². The van der Waals surface area contributed by atoms with Gasteiger partial charge in [0.2, 0.25) is 0 Å². The zero-order valence-electron chi connectivity index (χ0n) is 15.6. The van der Waals surface area contributed by atoms with Crippen molar-refractivity contribution < 1.29 is 13.9 Å². The van der Waals surface area contributed by atoms with E-state index in [0.717, 1.165) is 22.4 Å². The van der Waals surface area contributed by atoms with Gasteiger partial charge in [0.05, 0.1) is 7.11 Å². The van der Waals surface area contributed by atoms with Crippen molar-refractivity contribution in [1.29, 1.82) is 0 Å². The summed E-state index contributed by atoms with van der Waals surface area (Å²) in [6.45, 7) is 3.17. The minimum Gasteiger partial charge on any atom is -0.496 e. The van der Waals surface area contributed by atoms with E-state index in [2.05, 4.69) is 5.32 Å². The van der Waals surface area contributed by atoms with Crippen LogP contribution in [0.2, 0.25) is 0 Å². The van der Waals surface area contributed by atoms with Gasteiger partial charge in [-0.15, -0.1) is 0 Å². The SMILES string of the molecule is COc1ccc(F)cc1C(C)NCc1cccc(OCc2ccccc2)c1. The first-order valence-corrected chi connectivity index (χ1v) is 8.98. The second-order valence-corrected chi connectivity index (χ2v) is 6.41. The second-order valence-electron chi connectivity index (χ2n) is 6.41. The molecule has 0 radical (unpaired) electrons. The summed E-state index contributed by atoms with van der Waals surface area (Å²) < 4.78 is 24.8. The summed E-state index contributed by atoms with van der Waals surface area (Å²) >= 11 is 0. The van der Waals surface area contributed by atoms with E-state index in [-0.39, 0.29) is 11.9 Å². The number of benzene rings is 3. The van der Waals surface area contributed by atoms with Crippen molar-refractivity contribution in [2.24, 2.45) is 0 Å². The molecule has 0 bridgehead atoms. The maximum absolute atomic E-state index is 13.6. The molecular weight excluding hydrogens is 341 g/mol. The molecule has 0 saturated carbocycles. The van der Waals surface area contributed by atoms with E-state index in [1.54, 1.807) is 13.2 Å². The molecule has 1 atom stereocenters. The van der Waals surface area contributed by atoms with E-state index >= 15 is 0 Å². The number of rotatable bonds is 8. The van der Waals surface area contributed by atoms with Crippen molar-refractivity contribution in [3.8, 4) is 11.5 Å². The fourth-order valence-electron chi connectivity index (χ4n) is 2.91. The van der Waals surface area contributed by atoms with Gasteiger partial charge in [0.1, 0.15) is 23.9 Å². The van der Waals surface area contributed by atoms with Gasteiger partial charge in [0.15, 0.2) is 0 Å². The van der Waals surface area contributed by atoms with Gasteiger partial charge in [-0.25, -0.2) is 4.39 Å². The fraction of sp³-hybridized carbons (Fsp3) is 0.217. The second kappa shape index (κ2) is 9.19. The minimum atomic E-state index is -0.268. The predicted octanol–water partition coefficient (Wildman–Crippen LogP) is 5.26. The van der Waals surface area contributed by atoms with Crippen molar-refractivity contribution in [1.82, 2.24) is 5.32 Å². The van der Waals surface area contributed by atoms with Crippen LogP contribution in [-0.4, -0.2) is 7.11 Å². The largest absolute Gasteiger partial charge is 0.496 e. The van der Waals surface area contributed by atoms with Crippen LogP contribution in [0.25, 0.3) is 0 Å². The van der Waals surface area contributed by atoms with Crippen LogP contribution in [-0.2, 0) is 13.2 Å². The van der Waals surface area contributed by atoms with Gasteiger partial charge < -0.3 is 14.8 Å². The Morgan fingerprint density at radius 2 is 1.70 bits per heavy atom. The maximum atomic E-state index is 13.6. The highest BCUT2D eigenvalue weighted by Crippen LogP contribution is 2.26. The molecule has 27 heavy (non-hydrogen) atoms. The van der Waals surface area contributed by atoms with Crippen LogP contribution in [0.1, 0.15) is 29.7 Å². The summed E-state index contributed by atoms with van der Waals surface area (Å²) in [5.74, 6) is 1.24. The average molecular weight is 365 g/mol. The van der Waals surface area contributed by atoms with Gasteiger partial charge in [-0.05, 0) is 48.4 Å². The van der Waals surface area contributed by atoms with Crippen LogP contribution in [0.3, 0.4) is 0 Å². The van der Waals surface area contributed by atoms with Crippen LogP contribution in [0.5, 0.6) is 11.5 Å². The van der Waals surface area contributed by atoms with E-state index in [0.29, 0.717) is 18.9 Å². The van der Waals surface area contributed by atoms with Gasteiger partial charge in [0, 0.05) is 18.2 Å². The lowest BCUT2D eigenvalue weighted by atomic mass is 10.1. The topological polar surface area (TPSA) is 30.5 Å². The van der Waals surface area contributed by atoms with E-state index < -0.39 is 0 Å². The molecular formula is C23H24FNO2. The molecule has 3 aromatic rings. The molecule has 140 valence electrons. The van der Waals surface area contributed by atoms with Crippen molar-refractivity contribution in [3.05, 3.63) is 95.3 Å². The molecule has 0 aliphatic rings. The summed E-state index contributed by atoms with van der Waals surface area (Å²) in [6.07, 6.45) is 0. The number of ether oxygens (including phenoxy) is 2. The monoisotopic (exact) mass is 365 g/mol. The zero-order chi connectivity index (χ0) is 19.1. The molecule has 0 spiro atoms. The van der Waals surface area contributed by atoms with Gasteiger partial charge >= 0.3 is 0 Å². The number of halogens is 1. The van der Waals surface area contributed by atoms with Crippen LogP contribution < -0.4 is 14.8 Å². The fourth-order valence-corrected chi connectivity index (χ4v) is 2.91. The Labute approximate surface area is 159 Å². The Morgan fingerprint density at radius 3 is 2.48 bits per heavy atom. The summed E-state index contributed by atoms with van der Waals surface area (Å²) in [5.41, 5.74) is 3.03. The smallest absolute Gasteiger partial charge is 0.123 e. The molecule has 3 nitrogen and oxygen atoms in total. The van der Waals surface area contributed by atoms with Gasteiger partial charge in [0.25, 0.3) is 0 Å². The van der Waals surface area contributed by atoms with Crippen molar-refractivity contribution >= 4 is 0 Å². The summed E-state index contributed by atoms with van der Waals surface area (Å²) in [4.78, 5) is 0. The van der Waals surface area contributed by atoms with E-state index in [1.165, 1.54) is 12.1 Å². The Bertz CT molecular complexity index is 867. The number of hydrogen-bond acceptors (Lipinski definition) is 3. The highest BCUT2D eigenvalue weighted by molar-refractivity contribution is 5.36. The van der Waals surface area contributed by atoms with Crippen LogP contribution in [0, 0.1) is 5.82 Å². The molecule has 1 N–H and O–H groups in total. The number of methoxy groups -OCH3 is 1. The third-order valence-electron chi connectivity index (χ3n) is 4.42. The Balaban J connectivity index is 1.60. The zero-order valence-corrected chi connectivity index (χ0v) is 15.6. The lowest BCUT2D eigenvalue weighted by Crippen LogP contribution is -2.19. The Hall–Kier alpha value is -2.85. The lowest BCUT2D eigenvalue weighted by molar-refractivity contribution is 0.306. The molecule has 3 aromatic carbocycles. The van der Waals surface area contributed by atoms with Gasteiger partial charge in [-0.1, -0.05) is 42.5 Å². The first kappa shape index (κ1) is 18.9.